The Kier molecular flexibility index (Phi) is 59.2. The normalized spacial score (nSPS) is 7.47. The van der Waals surface area contributed by atoms with Crippen LogP contribution in [-0.4, -0.2) is 16.9 Å². The van der Waals surface area contributed by atoms with E-state index >= 15 is 0 Å². The molecule has 0 unspecified atom stereocenters. The molecule has 0 aromatic heterocycles. The summed E-state index contributed by atoms with van der Waals surface area (Å²) in [5.74, 6) is 0. The van der Waals surface area contributed by atoms with Crippen LogP contribution < -0.4 is 0 Å². The molecule has 0 amide bonds. The molecule has 0 spiro atoms. The van der Waals surface area contributed by atoms with Crippen LogP contribution in [0, 0.1) is 13.5 Å². The Morgan fingerprint density at radius 2 is 1.13 bits per heavy atom. The van der Waals surface area contributed by atoms with Gasteiger partial charge in [-0.2, -0.15) is 6.04 Å². The summed E-state index contributed by atoms with van der Waals surface area (Å²) in [6.45, 7) is 24.7. The van der Waals surface area contributed by atoms with Gasteiger partial charge < -0.3 is 13.5 Å². The van der Waals surface area contributed by atoms with E-state index < -0.39 is 8.07 Å². The molecule has 0 aliphatic carbocycles. The zero-order valence-corrected chi connectivity index (χ0v) is 18.6. The summed E-state index contributed by atoms with van der Waals surface area (Å²) in [5, 5.41) is 0. The first-order valence-electron chi connectivity index (χ1n) is 4.49. The Balaban J connectivity index is -0.0000000204. The van der Waals surface area contributed by atoms with Crippen molar-refractivity contribution >= 4 is 16.9 Å². The van der Waals surface area contributed by atoms with Crippen molar-refractivity contribution in [1.29, 1.82) is 0 Å². The van der Waals surface area contributed by atoms with E-state index in [9.17, 15) is 0 Å². The van der Waals surface area contributed by atoms with Crippen LogP contribution in [0.25, 0.3) is 0 Å². The molecule has 0 atom stereocenters. The molecule has 0 N–H and O–H groups in total. The van der Waals surface area contributed by atoms with E-state index in [4.69, 9.17) is 0 Å². The average molecular weight is 586 g/mol. The maximum absolute atomic E-state index is 4.25. The fourth-order valence-electron chi connectivity index (χ4n) is 0. The maximum Gasteiger partial charge on any atom is 0.0274 e. The molecule has 0 nitrogen and oxygen atoms in total. The van der Waals surface area contributed by atoms with Gasteiger partial charge in [-0.15, -0.1) is 0 Å². The molecule has 0 rings (SSSR count). The van der Waals surface area contributed by atoms with Gasteiger partial charge in [0.2, 0.25) is 0 Å². The van der Waals surface area contributed by atoms with E-state index in [0.29, 0.717) is 0 Å². The third-order valence-electron chi connectivity index (χ3n) is 0.750. The third kappa shape index (κ3) is 138. The van der Waals surface area contributed by atoms with Gasteiger partial charge in [-0.05, 0) is 0 Å². The zero-order valence-electron chi connectivity index (χ0n) is 10.6. The molecule has 0 saturated carbocycles. The number of rotatable bonds is 1. The summed E-state index contributed by atoms with van der Waals surface area (Å²) in [7, 11) is -0.881. The van der Waals surface area contributed by atoms with Crippen LogP contribution in [-0.2, 0) is 42.1 Å². The molecule has 0 aliphatic heterocycles. The van der Waals surface area contributed by atoms with Gasteiger partial charge in [-0.25, -0.2) is 0 Å². The summed E-state index contributed by atoms with van der Waals surface area (Å²) < 4.78 is 0. The van der Waals surface area contributed by atoms with Crippen LogP contribution in [0.4, 0.5) is 0 Å². The summed E-state index contributed by atoms with van der Waals surface area (Å²) in [4.78, 5) is 0. The standard InChI is InChI=1S/C5H13Si.C3H10Si.C2H3.CH4.2W/c1-5-6(2,3)4;1-4(2)3;1-2;;;/h1,5H2,2-4H3;4H,1-3H3;1H,2H2;1H4;;/q-1;;-1;;;. The number of hydrogen-bond donors (Lipinski definition) is 0. The van der Waals surface area contributed by atoms with Gasteiger partial charge in [0, 0.05) is 59.0 Å². The molecule has 0 aliphatic rings. The predicted molar refractivity (Wildman–Crippen MR) is 74.9 cm³/mol. The molecule has 0 aromatic rings. The molecule has 0 radical (unpaired) electrons. The SMILES string of the molecule is C.C[SiH](C)C.[CH-]=C.[CH2-]C[Si](C)(C)C.[W].[W]. The second-order valence-corrected chi connectivity index (χ2v) is 13.6. The zero-order chi connectivity index (χ0) is 10.8. The fourth-order valence-corrected chi connectivity index (χ4v) is 0. The van der Waals surface area contributed by atoms with Crippen molar-refractivity contribution in [3.05, 3.63) is 20.1 Å². The van der Waals surface area contributed by atoms with E-state index in [1.54, 1.807) is 0 Å². The molecule has 15 heavy (non-hydrogen) atoms. The van der Waals surface area contributed by atoms with Crippen LogP contribution in [0.2, 0.25) is 45.3 Å². The van der Waals surface area contributed by atoms with E-state index in [1.807, 2.05) is 0 Å². The topological polar surface area (TPSA) is 0 Å². The van der Waals surface area contributed by atoms with Crippen molar-refractivity contribution in [2.75, 3.05) is 0 Å². The smallest absolute Gasteiger partial charge is 0.0274 e. The van der Waals surface area contributed by atoms with Crippen molar-refractivity contribution in [1.82, 2.24) is 0 Å². The Labute approximate surface area is 131 Å². The monoisotopic (exact) mass is 586 g/mol. The third-order valence-corrected chi connectivity index (χ3v) is 2.25. The molecule has 0 aromatic carbocycles. The van der Waals surface area contributed by atoms with Gasteiger partial charge >= 0.3 is 0 Å². The van der Waals surface area contributed by atoms with Crippen LogP contribution in [0.5, 0.6) is 0 Å². The first-order chi connectivity index (χ1) is 5.29. The molecular formula is C11H30Si2W2-2. The maximum atomic E-state index is 4.25. The Hall–Kier alpha value is 1.55. The Morgan fingerprint density at radius 3 is 1.13 bits per heavy atom. The van der Waals surface area contributed by atoms with Crippen LogP contribution >= 0.6 is 0 Å². The van der Waals surface area contributed by atoms with Crippen LogP contribution in [0.1, 0.15) is 7.43 Å². The van der Waals surface area contributed by atoms with Gasteiger partial charge in [0.25, 0.3) is 0 Å². The molecule has 4 heteroatoms. The number of hydrogen-bond acceptors (Lipinski definition) is 0. The fraction of sp³-hybridized carbons (Fsp3) is 0.727. The quantitative estimate of drug-likeness (QED) is 0.314. The van der Waals surface area contributed by atoms with Crippen LogP contribution in [0.15, 0.2) is 6.58 Å². The first-order valence-corrected chi connectivity index (χ1v) is 11.7. The van der Waals surface area contributed by atoms with E-state index in [2.05, 4.69) is 59.4 Å². The van der Waals surface area contributed by atoms with Gasteiger partial charge in [0.05, 0.1) is 0 Å². The molecule has 0 bridgehead atoms. The molecule has 0 saturated heterocycles. The van der Waals surface area contributed by atoms with Crippen molar-refractivity contribution in [2.24, 2.45) is 0 Å². The average Bonchev–Trinajstić information content (AvgIpc) is 1.90. The molecular weight excluding hydrogens is 556 g/mol. The Morgan fingerprint density at radius 1 is 1.07 bits per heavy atom. The first kappa shape index (κ1) is 36.0. The van der Waals surface area contributed by atoms with Crippen molar-refractivity contribution < 1.29 is 42.1 Å². The van der Waals surface area contributed by atoms with Gasteiger partial charge in [-0.1, -0.05) is 46.7 Å². The molecule has 0 fully saturated rings. The van der Waals surface area contributed by atoms with E-state index in [-0.39, 0.29) is 58.4 Å². The summed E-state index contributed by atoms with van der Waals surface area (Å²) in [6.07, 6.45) is 0. The largest absolute Gasteiger partial charge is 0.521 e. The summed E-state index contributed by atoms with van der Waals surface area (Å²) in [5.41, 5.74) is 0. The molecule has 96 valence electrons. The van der Waals surface area contributed by atoms with E-state index in [1.165, 1.54) is 0 Å². The minimum Gasteiger partial charge on any atom is -0.521 e. The summed E-state index contributed by atoms with van der Waals surface area (Å²) >= 11 is 0. The van der Waals surface area contributed by atoms with Gasteiger partial charge in [-0.3, -0.25) is 6.58 Å². The van der Waals surface area contributed by atoms with Crippen LogP contribution in [0.3, 0.4) is 0 Å². The minimum absolute atomic E-state index is 0. The van der Waals surface area contributed by atoms with Gasteiger partial charge in [0.1, 0.15) is 0 Å². The predicted octanol–water partition coefficient (Wildman–Crippen LogP) is 4.50. The summed E-state index contributed by atoms with van der Waals surface area (Å²) in [6, 6.07) is 1.16. The van der Waals surface area contributed by atoms with Gasteiger partial charge in [0.15, 0.2) is 0 Å². The second kappa shape index (κ2) is 24.7. The van der Waals surface area contributed by atoms with Crippen molar-refractivity contribution in [3.63, 3.8) is 0 Å². The van der Waals surface area contributed by atoms with Crippen molar-refractivity contribution in [2.45, 2.75) is 52.8 Å². The van der Waals surface area contributed by atoms with Crippen molar-refractivity contribution in [3.8, 4) is 0 Å². The van der Waals surface area contributed by atoms with E-state index in [0.717, 1.165) is 6.04 Å². The Bertz CT molecular complexity index is 78.4. The molecule has 0 heterocycles. The second-order valence-electron chi connectivity index (χ2n) is 4.54. The minimum atomic E-state index is -0.742.